The molecule has 0 fully saturated rings. The van der Waals surface area contributed by atoms with Crippen molar-refractivity contribution in [2.45, 2.75) is 52.4 Å². The number of nitrogens with zero attached hydrogens (tertiary/aromatic N) is 1. The highest BCUT2D eigenvalue weighted by atomic mass is 14.6. The first-order chi connectivity index (χ1) is 9.26. The zero-order valence-corrected chi connectivity index (χ0v) is 12.2. The molecule has 0 saturated carbocycles. The van der Waals surface area contributed by atoms with Gasteiger partial charge in [-0.15, -0.1) is 0 Å². The van der Waals surface area contributed by atoms with Crippen molar-refractivity contribution < 1.29 is 0 Å². The third kappa shape index (κ3) is 6.80. The van der Waals surface area contributed by atoms with Gasteiger partial charge < -0.3 is 5.73 Å². The van der Waals surface area contributed by atoms with Gasteiger partial charge in [-0.2, -0.15) is 0 Å². The van der Waals surface area contributed by atoms with E-state index in [0.717, 1.165) is 31.4 Å². The summed E-state index contributed by atoms with van der Waals surface area (Å²) < 4.78 is 0. The number of hydrogen-bond acceptors (Lipinski definition) is 2. The summed E-state index contributed by atoms with van der Waals surface area (Å²) in [5, 5.41) is 0. The average molecular weight is 258 g/mol. The highest BCUT2D eigenvalue weighted by Gasteiger charge is 1.95. The molecule has 2 heteroatoms. The minimum atomic E-state index is 0.922. The van der Waals surface area contributed by atoms with Crippen LogP contribution in [0.4, 0.5) is 0 Å². The third-order valence-corrected chi connectivity index (χ3v) is 3.20. The molecular weight excluding hydrogens is 232 g/mol. The van der Waals surface area contributed by atoms with E-state index in [1.54, 1.807) is 0 Å². The van der Waals surface area contributed by atoms with Crippen molar-refractivity contribution in [1.29, 1.82) is 0 Å². The number of aryl methyl sites for hydroxylation is 2. The van der Waals surface area contributed by atoms with Gasteiger partial charge in [-0.05, 0) is 55.7 Å². The Morgan fingerprint density at radius 2 is 2.00 bits per heavy atom. The van der Waals surface area contributed by atoms with Gasteiger partial charge in [0.1, 0.15) is 0 Å². The predicted molar refractivity (Wildman–Crippen MR) is 82.9 cm³/mol. The van der Waals surface area contributed by atoms with E-state index in [2.05, 4.69) is 37.0 Å². The summed E-state index contributed by atoms with van der Waals surface area (Å²) in [6, 6.07) is 2.27. The van der Waals surface area contributed by atoms with Gasteiger partial charge in [0.15, 0.2) is 0 Å². The summed E-state index contributed by atoms with van der Waals surface area (Å²) in [5.74, 6) is 0. The fourth-order valence-electron chi connectivity index (χ4n) is 1.87. The van der Waals surface area contributed by atoms with Crippen LogP contribution in [0.2, 0.25) is 0 Å². The molecule has 0 aliphatic carbocycles. The molecule has 2 N–H and O–H groups in total. The predicted octanol–water partition coefficient (Wildman–Crippen LogP) is 4.17. The van der Waals surface area contributed by atoms with Crippen LogP contribution in [0, 0.1) is 0 Å². The summed E-state index contributed by atoms with van der Waals surface area (Å²) in [5.41, 5.74) is 9.35. The summed E-state index contributed by atoms with van der Waals surface area (Å²) in [4.78, 5) is 4.28. The van der Waals surface area contributed by atoms with Crippen LogP contribution in [-0.4, -0.2) is 4.98 Å². The largest absolute Gasteiger partial charge is 0.402 e. The van der Waals surface area contributed by atoms with Crippen LogP contribution < -0.4 is 5.73 Å². The molecule has 0 aliphatic rings. The molecule has 2 nitrogen and oxygen atoms in total. The Bertz CT molecular complexity index is 419. The number of allylic oxidation sites excluding steroid dienone is 4. The fraction of sp³-hybridized carbons (Fsp3) is 0.471. The fourth-order valence-corrected chi connectivity index (χ4v) is 1.87. The molecule has 1 rings (SSSR count). The Morgan fingerprint density at radius 1 is 1.21 bits per heavy atom. The smallest absolute Gasteiger partial charge is 0.0300 e. The van der Waals surface area contributed by atoms with Crippen LogP contribution in [0.5, 0.6) is 0 Å². The van der Waals surface area contributed by atoms with Gasteiger partial charge >= 0.3 is 0 Å². The minimum absolute atomic E-state index is 0.922. The normalized spacial score (nSPS) is 12.2. The van der Waals surface area contributed by atoms with Crippen LogP contribution in [0.1, 0.15) is 50.7 Å². The SMILES string of the molecule is CC/C(N)=C/C=C\CCCCc1cncc(CC)c1. The molecular formula is C17H26N2. The summed E-state index contributed by atoms with van der Waals surface area (Å²) in [6.07, 6.45) is 16.9. The number of rotatable bonds is 8. The first kappa shape index (κ1) is 15.5. The maximum Gasteiger partial charge on any atom is 0.0300 e. The second kappa shape index (κ2) is 9.37. The van der Waals surface area contributed by atoms with Crippen molar-refractivity contribution in [3.63, 3.8) is 0 Å². The average Bonchev–Trinajstić information content (AvgIpc) is 2.46. The van der Waals surface area contributed by atoms with Gasteiger partial charge in [-0.3, -0.25) is 4.98 Å². The van der Waals surface area contributed by atoms with Crippen molar-refractivity contribution in [1.82, 2.24) is 4.98 Å². The number of nitrogens with two attached hydrogens (primary N) is 1. The van der Waals surface area contributed by atoms with Gasteiger partial charge in [0, 0.05) is 18.1 Å². The molecule has 1 aromatic rings. The number of hydrogen-bond donors (Lipinski definition) is 1. The Morgan fingerprint density at radius 3 is 2.74 bits per heavy atom. The van der Waals surface area contributed by atoms with Gasteiger partial charge in [-0.1, -0.05) is 32.1 Å². The third-order valence-electron chi connectivity index (χ3n) is 3.20. The van der Waals surface area contributed by atoms with Crippen LogP contribution in [0.3, 0.4) is 0 Å². The van der Waals surface area contributed by atoms with Crippen molar-refractivity contribution in [2.75, 3.05) is 0 Å². The van der Waals surface area contributed by atoms with Crippen LogP contribution in [0.25, 0.3) is 0 Å². The van der Waals surface area contributed by atoms with E-state index in [-0.39, 0.29) is 0 Å². The summed E-state index contributed by atoms with van der Waals surface area (Å²) in [6.45, 7) is 4.24. The maximum absolute atomic E-state index is 5.72. The van der Waals surface area contributed by atoms with E-state index < -0.39 is 0 Å². The Kier molecular flexibility index (Phi) is 7.64. The quantitative estimate of drug-likeness (QED) is 0.561. The molecule has 0 spiro atoms. The lowest BCUT2D eigenvalue weighted by Gasteiger charge is -2.02. The molecule has 0 aromatic carbocycles. The van der Waals surface area contributed by atoms with E-state index in [9.17, 15) is 0 Å². The van der Waals surface area contributed by atoms with Crippen molar-refractivity contribution in [2.24, 2.45) is 5.73 Å². The number of aromatic nitrogens is 1. The van der Waals surface area contributed by atoms with Gasteiger partial charge in [0.05, 0.1) is 0 Å². The topological polar surface area (TPSA) is 38.9 Å². The van der Waals surface area contributed by atoms with Gasteiger partial charge in [0.25, 0.3) is 0 Å². The lowest BCUT2D eigenvalue weighted by atomic mass is 10.1. The molecule has 0 amide bonds. The van der Waals surface area contributed by atoms with E-state index in [0.29, 0.717) is 0 Å². The molecule has 0 radical (unpaired) electrons. The van der Waals surface area contributed by atoms with Crippen molar-refractivity contribution >= 4 is 0 Å². The minimum Gasteiger partial charge on any atom is -0.402 e. The van der Waals surface area contributed by atoms with E-state index in [1.807, 2.05) is 18.5 Å². The highest BCUT2D eigenvalue weighted by molar-refractivity contribution is 5.18. The van der Waals surface area contributed by atoms with E-state index >= 15 is 0 Å². The molecule has 104 valence electrons. The molecule has 0 aliphatic heterocycles. The highest BCUT2D eigenvalue weighted by Crippen LogP contribution is 2.08. The van der Waals surface area contributed by atoms with Crippen molar-refractivity contribution in [3.05, 3.63) is 53.5 Å². The molecule has 1 heterocycles. The molecule has 0 saturated heterocycles. The lowest BCUT2D eigenvalue weighted by Crippen LogP contribution is -1.92. The molecule has 0 bridgehead atoms. The summed E-state index contributed by atoms with van der Waals surface area (Å²) >= 11 is 0. The first-order valence-electron chi connectivity index (χ1n) is 7.30. The number of unbranched alkanes of at least 4 members (excludes halogenated alkanes) is 2. The van der Waals surface area contributed by atoms with Crippen LogP contribution in [-0.2, 0) is 12.8 Å². The second-order valence-electron chi connectivity index (χ2n) is 4.82. The zero-order valence-electron chi connectivity index (χ0n) is 12.2. The van der Waals surface area contributed by atoms with Crippen molar-refractivity contribution in [3.8, 4) is 0 Å². The molecule has 1 aromatic heterocycles. The van der Waals surface area contributed by atoms with Gasteiger partial charge in [-0.25, -0.2) is 0 Å². The second-order valence-corrected chi connectivity index (χ2v) is 4.82. The Labute approximate surface area is 117 Å². The first-order valence-corrected chi connectivity index (χ1v) is 7.30. The Balaban J connectivity index is 2.20. The summed E-state index contributed by atoms with van der Waals surface area (Å²) in [7, 11) is 0. The lowest BCUT2D eigenvalue weighted by molar-refractivity contribution is 0.744. The van der Waals surface area contributed by atoms with Crippen LogP contribution >= 0.6 is 0 Å². The molecule has 0 unspecified atom stereocenters. The number of pyridine rings is 1. The standard InChI is InChI=1S/C17H26N2/c1-3-15-12-16(14-19-13-15)10-8-6-5-7-9-11-17(18)4-2/h7,9,11-14H,3-6,8,10,18H2,1-2H3/b9-7-,17-11-. The zero-order chi connectivity index (χ0) is 13.9. The van der Waals surface area contributed by atoms with E-state index in [1.165, 1.54) is 24.0 Å². The Hall–Kier alpha value is -1.57. The molecule has 19 heavy (non-hydrogen) atoms. The maximum atomic E-state index is 5.72. The van der Waals surface area contributed by atoms with E-state index in [4.69, 9.17) is 5.73 Å². The monoisotopic (exact) mass is 258 g/mol. The molecule has 0 atom stereocenters. The van der Waals surface area contributed by atoms with Gasteiger partial charge in [0.2, 0.25) is 0 Å². The van der Waals surface area contributed by atoms with Crippen LogP contribution in [0.15, 0.2) is 42.4 Å².